The summed E-state index contributed by atoms with van der Waals surface area (Å²) < 4.78 is 5.54. The van der Waals surface area contributed by atoms with Crippen molar-refractivity contribution in [3.05, 3.63) is 73.8 Å². The molecule has 2 aromatic carbocycles. The van der Waals surface area contributed by atoms with Crippen LogP contribution in [0.5, 0.6) is 0 Å². The molecule has 132 valence electrons. The molecule has 0 saturated heterocycles. The van der Waals surface area contributed by atoms with Crippen LogP contribution in [-0.2, 0) is 10.3 Å². The van der Waals surface area contributed by atoms with Crippen molar-refractivity contribution in [3.8, 4) is 0 Å². The first kappa shape index (κ1) is 19.2. The topological polar surface area (TPSA) is 81.5 Å². The first-order valence-electron chi connectivity index (χ1n) is 7.30. The molecule has 0 aliphatic rings. The SMILES string of the molecule is COC(C)(CNC(=O)c1cc([N+](=O)[O-])ccc1Cl)c1cccc(Cl)c1. The van der Waals surface area contributed by atoms with Crippen LogP contribution in [0.3, 0.4) is 0 Å². The zero-order valence-corrected chi connectivity index (χ0v) is 15.1. The molecular weight excluding hydrogens is 367 g/mol. The van der Waals surface area contributed by atoms with Crippen molar-refractivity contribution in [2.75, 3.05) is 13.7 Å². The predicted molar refractivity (Wildman–Crippen MR) is 96.3 cm³/mol. The van der Waals surface area contributed by atoms with E-state index in [9.17, 15) is 14.9 Å². The van der Waals surface area contributed by atoms with Gasteiger partial charge in [-0.2, -0.15) is 0 Å². The van der Waals surface area contributed by atoms with Crippen molar-refractivity contribution in [2.45, 2.75) is 12.5 Å². The summed E-state index contributed by atoms with van der Waals surface area (Å²) in [5.74, 6) is -0.529. The second-order valence-corrected chi connectivity index (χ2v) is 6.39. The number of ether oxygens (including phenoxy) is 1. The summed E-state index contributed by atoms with van der Waals surface area (Å²) in [5, 5.41) is 14.2. The summed E-state index contributed by atoms with van der Waals surface area (Å²) in [7, 11) is 1.52. The average molecular weight is 383 g/mol. The summed E-state index contributed by atoms with van der Waals surface area (Å²) in [6, 6.07) is 10.8. The lowest BCUT2D eigenvalue weighted by Crippen LogP contribution is -2.40. The van der Waals surface area contributed by atoms with Gasteiger partial charge < -0.3 is 10.1 Å². The molecule has 0 spiro atoms. The van der Waals surface area contributed by atoms with Crippen LogP contribution >= 0.6 is 23.2 Å². The van der Waals surface area contributed by atoms with E-state index in [0.717, 1.165) is 11.6 Å². The highest BCUT2D eigenvalue weighted by Gasteiger charge is 2.28. The number of hydrogen-bond acceptors (Lipinski definition) is 4. The van der Waals surface area contributed by atoms with E-state index in [1.165, 1.54) is 19.2 Å². The van der Waals surface area contributed by atoms with Crippen molar-refractivity contribution >= 4 is 34.8 Å². The van der Waals surface area contributed by atoms with Gasteiger partial charge in [-0.1, -0.05) is 35.3 Å². The van der Waals surface area contributed by atoms with Crippen LogP contribution in [0.15, 0.2) is 42.5 Å². The molecule has 2 aromatic rings. The lowest BCUT2D eigenvalue weighted by Gasteiger charge is -2.29. The van der Waals surface area contributed by atoms with Crippen LogP contribution in [0.2, 0.25) is 10.0 Å². The molecule has 0 fully saturated rings. The van der Waals surface area contributed by atoms with Gasteiger partial charge in [0.15, 0.2) is 0 Å². The van der Waals surface area contributed by atoms with Crippen LogP contribution < -0.4 is 5.32 Å². The number of carbonyl (C=O) groups excluding carboxylic acids is 1. The van der Waals surface area contributed by atoms with E-state index < -0.39 is 16.4 Å². The summed E-state index contributed by atoms with van der Waals surface area (Å²) in [5.41, 5.74) is -0.222. The molecule has 0 aliphatic heterocycles. The van der Waals surface area contributed by atoms with Gasteiger partial charge in [0.2, 0.25) is 0 Å². The maximum atomic E-state index is 12.4. The third kappa shape index (κ3) is 4.48. The van der Waals surface area contributed by atoms with Crippen LogP contribution in [0.25, 0.3) is 0 Å². The largest absolute Gasteiger partial charge is 0.372 e. The molecule has 2 rings (SSSR count). The zero-order valence-electron chi connectivity index (χ0n) is 13.6. The molecule has 0 heterocycles. The van der Waals surface area contributed by atoms with Crippen molar-refractivity contribution in [3.63, 3.8) is 0 Å². The lowest BCUT2D eigenvalue weighted by atomic mass is 9.95. The molecule has 1 N–H and O–H groups in total. The van der Waals surface area contributed by atoms with Gasteiger partial charge in [0.25, 0.3) is 11.6 Å². The second-order valence-electron chi connectivity index (χ2n) is 5.55. The number of carbonyl (C=O) groups is 1. The third-order valence-corrected chi connectivity index (χ3v) is 4.44. The fourth-order valence-corrected chi connectivity index (χ4v) is 2.65. The Kier molecular flexibility index (Phi) is 6.00. The first-order chi connectivity index (χ1) is 11.8. The van der Waals surface area contributed by atoms with Gasteiger partial charge in [0, 0.05) is 24.3 Å². The van der Waals surface area contributed by atoms with Crippen LogP contribution in [-0.4, -0.2) is 24.5 Å². The van der Waals surface area contributed by atoms with E-state index in [1.807, 2.05) is 6.07 Å². The number of methoxy groups -OCH3 is 1. The Morgan fingerprint density at radius 1 is 1.28 bits per heavy atom. The standard InChI is InChI=1S/C17H16Cl2N2O4/c1-17(25-2,11-4-3-5-12(18)8-11)10-20-16(22)14-9-13(21(23)24)6-7-15(14)19/h3-9H,10H2,1-2H3,(H,20,22). The third-order valence-electron chi connectivity index (χ3n) is 3.88. The highest BCUT2D eigenvalue weighted by atomic mass is 35.5. The molecule has 25 heavy (non-hydrogen) atoms. The fourth-order valence-electron chi connectivity index (χ4n) is 2.25. The first-order valence-corrected chi connectivity index (χ1v) is 8.06. The molecule has 1 unspecified atom stereocenters. The number of halogens is 2. The van der Waals surface area contributed by atoms with Crippen LogP contribution in [0, 0.1) is 10.1 Å². The highest BCUT2D eigenvalue weighted by molar-refractivity contribution is 6.34. The quantitative estimate of drug-likeness (QED) is 0.599. The summed E-state index contributed by atoms with van der Waals surface area (Å²) in [6.45, 7) is 1.93. The molecule has 1 amide bonds. The second kappa shape index (κ2) is 7.82. The van der Waals surface area contributed by atoms with Crippen LogP contribution in [0.4, 0.5) is 5.69 Å². The molecule has 0 saturated carbocycles. The van der Waals surface area contributed by atoms with Crippen molar-refractivity contribution in [1.82, 2.24) is 5.32 Å². The van der Waals surface area contributed by atoms with E-state index in [1.54, 1.807) is 25.1 Å². The Hall–Kier alpha value is -2.15. The zero-order chi connectivity index (χ0) is 18.6. The van der Waals surface area contributed by atoms with Gasteiger partial charge in [-0.3, -0.25) is 14.9 Å². The Balaban J connectivity index is 2.20. The summed E-state index contributed by atoms with van der Waals surface area (Å²) in [6.07, 6.45) is 0. The number of nitrogens with zero attached hydrogens (tertiary/aromatic N) is 1. The monoisotopic (exact) mass is 382 g/mol. The van der Waals surface area contributed by atoms with Gasteiger partial charge in [0.1, 0.15) is 5.60 Å². The molecule has 0 radical (unpaired) electrons. The van der Waals surface area contributed by atoms with Gasteiger partial charge in [0.05, 0.1) is 22.1 Å². The van der Waals surface area contributed by atoms with E-state index >= 15 is 0 Å². The van der Waals surface area contributed by atoms with Gasteiger partial charge in [-0.05, 0) is 30.7 Å². The average Bonchev–Trinajstić information content (AvgIpc) is 2.59. The maximum absolute atomic E-state index is 12.4. The lowest BCUT2D eigenvalue weighted by molar-refractivity contribution is -0.384. The number of amides is 1. The number of hydrogen-bond donors (Lipinski definition) is 1. The van der Waals surface area contributed by atoms with Gasteiger partial charge in [-0.25, -0.2) is 0 Å². The fraction of sp³-hybridized carbons (Fsp3) is 0.235. The Morgan fingerprint density at radius 3 is 2.60 bits per heavy atom. The van der Waals surface area contributed by atoms with Gasteiger partial charge in [-0.15, -0.1) is 0 Å². The normalized spacial score (nSPS) is 13.1. The van der Waals surface area contributed by atoms with Gasteiger partial charge >= 0.3 is 0 Å². The number of rotatable bonds is 6. The number of benzene rings is 2. The molecule has 1 atom stereocenters. The Bertz CT molecular complexity index is 813. The van der Waals surface area contributed by atoms with E-state index in [-0.39, 0.29) is 22.8 Å². The minimum atomic E-state index is -0.826. The number of nitrogens with one attached hydrogen (secondary N) is 1. The van der Waals surface area contributed by atoms with Crippen molar-refractivity contribution in [2.24, 2.45) is 0 Å². The predicted octanol–water partition coefficient (Wildman–Crippen LogP) is 4.19. The molecule has 0 aliphatic carbocycles. The minimum absolute atomic E-state index is 0.0282. The Labute approximate surface area is 154 Å². The maximum Gasteiger partial charge on any atom is 0.270 e. The molecular formula is C17H16Cl2N2O4. The van der Waals surface area contributed by atoms with E-state index in [4.69, 9.17) is 27.9 Å². The van der Waals surface area contributed by atoms with E-state index in [2.05, 4.69) is 5.32 Å². The van der Waals surface area contributed by atoms with E-state index in [0.29, 0.717) is 5.02 Å². The summed E-state index contributed by atoms with van der Waals surface area (Å²) in [4.78, 5) is 22.7. The summed E-state index contributed by atoms with van der Waals surface area (Å²) >= 11 is 12.0. The molecule has 6 nitrogen and oxygen atoms in total. The molecule has 8 heteroatoms. The number of non-ortho nitro benzene ring substituents is 1. The number of nitro benzene ring substituents is 1. The van der Waals surface area contributed by atoms with Crippen LogP contribution in [0.1, 0.15) is 22.8 Å². The molecule has 0 bridgehead atoms. The number of nitro groups is 1. The highest BCUT2D eigenvalue weighted by Crippen LogP contribution is 2.27. The van der Waals surface area contributed by atoms with Crippen molar-refractivity contribution in [1.29, 1.82) is 0 Å². The smallest absolute Gasteiger partial charge is 0.270 e. The minimum Gasteiger partial charge on any atom is -0.372 e. The molecule has 0 aromatic heterocycles. The van der Waals surface area contributed by atoms with Crippen molar-refractivity contribution < 1.29 is 14.5 Å². The Morgan fingerprint density at radius 2 is 2.00 bits per heavy atom.